The maximum absolute atomic E-state index is 13.5. The van der Waals surface area contributed by atoms with Gasteiger partial charge in [-0.2, -0.15) is 10.2 Å². The molecule has 0 saturated heterocycles. The van der Waals surface area contributed by atoms with Gasteiger partial charge in [0.2, 0.25) is 0 Å². The van der Waals surface area contributed by atoms with Crippen LogP contribution in [-0.2, 0) is 13.5 Å². The molecule has 5 aromatic rings. The molecule has 0 bridgehead atoms. The van der Waals surface area contributed by atoms with Gasteiger partial charge in [0, 0.05) is 43.7 Å². The van der Waals surface area contributed by atoms with Crippen molar-refractivity contribution in [2.45, 2.75) is 18.9 Å². The minimum atomic E-state index is -2.61. The first kappa shape index (κ1) is 18.7. The van der Waals surface area contributed by atoms with Gasteiger partial charge in [0.1, 0.15) is 11.7 Å². The molecule has 10 nitrogen and oxygen atoms in total. The average molecular weight is 437 g/mol. The van der Waals surface area contributed by atoms with Crippen LogP contribution in [0.15, 0.2) is 47.4 Å². The normalized spacial score (nSPS) is 16.2. The van der Waals surface area contributed by atoms with Crippen molar-refractivity contribution in [3.05, 3.63) is 65.6 Å². The van der Waals surface area contributed by atoms with E-state index in [9.17, 15) is 8.78 Å². The van der Waals surface area contributed by atoms with Crippen LogP contribution in [0, 0.1) is 0 Å². The summed E-state index contributed by atoms with van der Waals surface area (Å²) in [7, 11) is 1.79. The number of imidazole rings is 1. The number of rotatable bonds is 4. The summed E-state index contributed by atoms with van der Waals surface area (Å²) in [6, 6.07) is 6.23. The minimum absolute atomic E-state index is 0.0767. The summed E-state index contributed by atoms with van der Waals surface area (Å²) in [6.07, 6.45) is 3.00. The quantitative estimate of drug-likeness (QED) is 0.461. The average Bonchev–Trinajstić information content (AvgIpc) is 3.57. The Bertz CT molecular complexity index is 1420. The van der Waals surface area contributed by atoms with Crippen LogP contribution in [0.2, 0.25) is 0 Å². The predicted octanol–water partition coefficient (Wildman–Crippen LogP) is 2.93. The zero-order chi connectivity index (χ0) is 21.8. The van der Waals surface area contributed by atoms with E-state index in [4.69, 9.17) is 4.42 Å². The number of nitrogens with one attached hydrogen (secondary N) is 1. The number of fused-ring (bicyclic) bond motifs is 2. The second-order valence-electron chi connectivity index (χ2n) is 7.51. The summed E-state index contributed by atoms with van der Waals surface area (Å²) in [5, 5.41) is 17.1. The molecular formula is C20H17F2N9O. The van der Waals surface area contributed by atoms with Crippen molar-refractivity contribution in [1.82, 2.24) is 39.6 Å². The van der Waals surface area contributed by atoms with Gasteiger partial charge < -0.3 is 14.3 Å². The van der Waals surface area contributed by atoms with Crippen LogP contribution in [-0.4, -0.2) is 46.1 Å². The van der Waals surface area contributed by atoms with Gasteiger partial charge in [-0.3, -0.25) is 4.68 Å². The number of alkyl halides is 2. The van der Waals surface area contributed by atoms with Gasteiger partial charge in [0.15, 0.2) is 0 Å². The third-order valence-electron chi connectivity index (χ3n) is 5.69. The molecule has 1 N–H and O–H groups in total. The Morgan fingerprint density at radius 3 is 2.97 bits per heavy atom. The molecule has 0 aromatic carbocycles. The monoisotopic (exact) mass is 437 g/mol. The zero-order valence-corrected chi connectivity index (χ0v) is 16.9. The molecule has 0 radical (unpaired) electrons. The van der Waals surface area contributed by atoms with E-state index in [1.807, 2.05) is 4.90 Å². The van der Waals surface area contributed by atoms with Crippen LogP contribution in [0.1, 0.15) is 35.1 Å². The van der Waals surface area contributed by atoms with Crippen molar-refractivity contribution in [1.29, 1.82) is 0 Å². The number of H-pyrrole nitrogens is 1. The molecule has 32 heavy (non-hydrogen) atoms. The van der Waals surface area contributed by atoms with Crippen LogP contribution < -0.4 is 4.90 Å². The summed E-state index contributed by atoms with van der Waals surface area (Å²) in [5.74, 6) is 0.335. The molecule has 1 atom stereocenters. The second kappa shape index (κ2) is 6.97. The molecule has 0 amide bonds. The minimum Gasteiger partial charge on any atom is -0.402 e. The summed E-state index contributed by atoms with van der Waals surface area (Å²) in [5.41, 5.74) is 3.23. The number of hydrogen-bond acceptors (Lipinski definition) is 7. The van der Waals surface area contributed by atoms with E-state index < -0.39 is 12.5 Å². The molecule has 0 saturated carbocycles. The van der Waals surface area contributed by atoms with Crippen molar-refractivity contribution < 1.29 is 13.2 Å². The number of nitrogens with zero attached hydrogens (tertiary/aromatic N) is 8. The fourth-order valence-electron chi connectivity index (χ4n) is 4.18. The summed E-state index contributed by atoms with van der Waals surface area (Å²) < 4.78 is 36.2. The van der Waals surface area contributed by atoms with E-state index in [0.717, 1.165) is 11.4 Å². The molecule has 6 heterocycles. The maximum Gasteiger partial charge on any atom is 0.319 e. The lowest BCUT2D eigenvalue weighted by molar-refractivity contribution is 0.152. The highest BCUT2D eigenvalue weighted by Gasteiger charge is 2.36. The smallest absolute Gasteiger partial charge is 0.319 e. The molecule has 0 fully saturated rings. The Morgan fingerprint density at radius 2 is 2.16 bits per heavy atom. The standard InChI is InChI=1S/C20H17F2N9O/c1-29-14(4-6-25-29)19-26-27-20(32-19)30-8-5-12-16(24-10-23-12)17(30)13-9-15-11(18(21)22)3-2-7-31(15)28-13/h2-4,6-7,9-10,17-18H,5,8H2,1H3,(H,23,24)/t17-/m1/s1. The highest BCUT2D eigenvalue weighted by molar-refractivity contribution is 5.58. The lowest BCUT2D eigenvalue weighted by Gasteiger charge is -2.32. The number of hydrogen-bond donors (Lipinski definition) is 1. The molecule has 6 rings (SSSR count). The van der Waals surface area contributed by atoms with E-state index in [-0.39, 0.29) is 5.56 Å². The van der Waals surface area contributed by atoms with Crippen LogP contribution in [0.3, 0.4) is 0 Å². The molecule has 5 aromatic heterocycles. The second-order valence-corrected chi connectivity index (χ2v) is 7.51. The largest absolute Gasteiger partial charge is 0.402 e. The van der Waals surface area contributed by atoms with E-state index >= 15 is 0 Å². The van der Waals surface area contributed by atoms with Crippen LogP contribution in [0.4, 0.5) is 14.8 Å². The summed E-state index contributed by atoms with van der Waals surface area (Å²) in [4.78, 5) is 9.55. The predicted molar refractivity (Wildman–Crippen MR) is 108 cm³/mol. The van der Waals surface area contributed by atoms with Gasteiger partial charge in [-0.15, -0.1) is 5.10 Å². The van der Waals surface area contributed by atoms with Crippen molar-refractivity contribution in [2.75, 3.05) is 11.4 Å². The van der Waals surface area contributed by atoms with Gasteiger partial charge in [0.05, 0.1) is 23.2 Å². The highest BCUT2D eigenvalue weighted by atomic mass is 19.3. The Kier molecular flexibility index (Phi) is 4.06. The molecule has 1 aliphatic heterocycles. The first-order valence-corrected chi connectivity index (χ1v) is 9.97. The number of halogens is 2. The number of pyridine rings is 1. The lowest BCUT2D eigenvalue weighted by atomic mass is 10.00. The van der Waals surface area contributed by atoms with Gasteiger partial charge in [-0.05, 0) is 24.3 Å². The van der Waals surface area contributed by atoms with Gasteiger partial charge >= 0.3 is 6.01 Å². The first-order chi connectivity index (χ1) is 15.6. The van der Waals surface area contributed by atoms with E-state index in [1.54, 1.807) is 48.6 Å². The van der Waals surface area contributed by atoms with E-state index in [2.05, 4.69) is 30.4 Å². The molecule has 0 spiro atoms. The third kappa shape index (κ3) is 2.79. The van der Waals surface area contributed by atoms with E-state index in [0.29, 0.717) is 41.8 Å². The van der Waals surface area contributed by atoms with Crippen molar-refractivity contribution in [3.8, 4) is 11.6 Å². The molecule has 162 valence electrons. The molecular weight excluding hydrogens is 420 g/mol. The van der Waals surface area contributed by atoms with Crippen molar-refractivity contribution in [2.24, 2.45) is 7.05 Å². The Labute approximate surface area is 179 Å². The number of aromatic nitrogens is 8. The summed E-state index contributed by atoms with van der Waals surface area (Å²) >= 11 is 0. The van der Waals surface area contributed by atoms with E-state index in [1.165, 1.54) is 10.6 Å². The fraction of sp³-hybridized carbons (Fsp3) is 0.250. The van der Waals surface area contributed by atoms with Crippen LogP contribution in [0.5, 0.6) is 0 Å². The molecule has 0 aliphatic carbocycles. The Morgan fingerprint density at radius 1 is 1.25 bits per heavy atom. The Balaban J connectivity index is 1.47. The molecule has 0 unspecified atom stereocenters. The number of aryl methyl sites for hydroxylation is 1. The Hall–Kier alpha value is -4.09. The highest BCUT2D eigenvalue weighted by Crippen LogP contribution is 2.37. The lowest BCUT2D eigenvalue weighted by Crippen LogP contribution is -2.36. The van der Waals surface area contributed by atoms with Crippen molar-refractivity contribution >= 4 is 11.5 Å². The summed E-state index contributed by atoms with van der Waals surface area (Å²) in [6.45, 7) is 0.558. The fourth-order valence-corrected chi connectivity index (χ4v) is 4.18. The topological polar surface area (TPSA) is 106 Å². The van der Waals surface area contributed by atoms with Crippen molar-refractivity contribution in [3.63, 3.8) is 0 Å². The SMILES string of the molecule is Cn1nccc1-c1nnc(N2CCc3[nH]cnc3[C@H]2c2cc3c(C(F)F)cccn3n2)o1. The maximum atomic E-state index is 13.5. The third-order valence-corrected chi connectivity index (χ3v) is 5.69. The molecule has 12 heteroatoms. The van der Waals surface area contributed by atoms with Gasteiger partial charge in [-0.1, -0.05) is 5.10 Å². The van der Waals surface area contributed by atoms with Crippen LogP contribution >= 0.6 is 0 Å². The molecule has 1 aliphatic rings. The zero-order valence-electron chi connectivity index (χ0n) is 16.9. The van der Waals surface area contributed by atoms with Gasteiger partial charge in [0.25, 0.3) is 12.3 Å². The number of anilines is 1. The number of aromatic amines is 1. The van der Waals surface area contributed by atoms with Gasteiger partial charge in [-0.25, -0.2) is 18.3 Å². The van der Waals surface area contributed by atoms with Crippen LogP contribution in [0.25, 0.3) is 17.1 Å². The first-order valence-electron chi connectivity index (χ1n) is 9.97.